The van der Waals surface area contributed by atoms with Crippen molar-refractivity contribution in [3.8, 4) is 0 Å². The molecule has 2 N–H and O–H groups in total. The van der Waals surface area contributed by atoms with Gasteiger partial charge in [0.25, 0.3) is 0 Å². The number of rotatable bonds is 8. The van der Waals surface area contributed by atoms with Crippen molar-refractivity contribution in [3.63, 3.8) is 0 Å². The highest BCUT2D eigenvalue weighted by Crippen LogP contribution is 2.06. The standard InChI is InChI=1S/C15H23NO3/c1-12(2)11-18-9-10-19-15(17)14-5-3-13(4-6-14)7-8-16/h3-6,12H,7-11,16H2,1-2H3. The van der Waals surface area contributed by atoms with Crippen molar-refractivity contribution in [2.75, 3.05) is 26.4 Å². The van der Waals surface area contributed by atoms with Crippen LogP contribution in [0.25, 0.3) is 0 Å². The van der Waals surface area contributed by atoms with E-state index < -0.39 is 0 Å². The molecule has 0 saturated heterocycles. The van der Waals surface area contributed by atoms with E-state index in [0.29, 0.717) is 31.2 Å². The maximum Gasteiger partial charge on any atom is 0.338 e. The van der Waals surface area contributed by atoms with Crippen LogP contribution in [0.3, 0.4) is 0 Å². The zero-order chi connectivity index (χ0) is 14.1. The number of ether oxygens (including phenoxy) is 2. The summed E-state index contributed by atoms with van der Waals surface area (Å²) in [6, 6.07) is 7.34. The molecule has 0 amide bonds. The lowest BCUT2D eigenvalue weighted by Gasteiger charge is -2.08. The van der Waals surface area contributed by atoms with Gasteiger partial charge in [0.2, 0.25) is 0 Å². The minimum atomic E-state index is -0.313. The van der Waals surface area contributed by atoms with Crippen LogP contribution < -0.4 is 5.73 Å². The van der Waals surface area contributed by atoms with Crippen LogP contribution in [0.1, 0.15) is 29.8 Å². The zero-order valence-corrected chi connectivity index (χ0v) is 11.7. The van der Waals surface area contributed by atoms with Crippen molar-refractivity contribution in [3.05, 3.63) is 35.4 Å². The quantitative estimate of drug-likeness (QED) is 0.577. The Balaban J connectivity index is 2.29. The monoisotopic (exact) mass is 265 g/mol. The Kier molecular flexibility index (Phi) is 7.15. The van der Waals surface area contributed by atoms with Crippen LogP contribution in [-0.4, -0.2) is 32.3 Å². The molecule has 0 aliphatic carbocycles. The highest BCUT2D eigenvalue weighted by molar-refractivity contribution is 5.89. The van der Waals surface area contributed by atoms with E-state index in [1.807, 2.05) is 12.1 Å². The summed E-state index contributed by atoms with van der Waals surface area (Å²) in [6.45, 7) is 6.18. The fourth-order valence-electron chi connectivity index (χ4n) is 1.57. The van der Waals surface area contributed by atoms with Gasteiger partial charge in [0.1, 0.15) is 6.61 Å². The highest BCUT2D eigenvalue weighted by Gasteiger charge is 2.06. The normalized spacial score (nSPS) is 10.7. The molecule has 1 rings (SSSR count). The molecule has 0 spiro atoms. The van der Waals surface area contributed by atoms with Gasteiger partial charge in [-0.3, -0.25) is 0 Å². The predicted octanol–water partition coefficient (Wildman–Crippen LogP) is 2.02. The Hall–Kier alpha value is -1.39. The Labute approximate surface area is 114 Å². The minimum Gasteiger partial charge on any atom is -0.460 e. The topological polar surface area (TPSA) is 61.5 Å². The molecule has 4 nitrogen and oxygen atoms in total. The minimum absolute atomic E-state index is 0.288. The molecule has 0 saturated carbocycles. The van der Waals surface area contributed by atoms with E-state index in [-0.39, 0.29) is 12.6 Å². The number of esters is 1. The van der Waals surface area contributed by atoms with Crippen LogP contribution in [-0.2, 0) is 15.9 Å². The van der Waals surface area contributed by atoms with E-state index in [9.17, 15) is 4.79 Å². The zero-order valence-electron chi connectivity index (χ0n) is 11.7. The molecular formula is C15H23NO3. The molecule has 0 fully saturated rings. The summed E-state index contributed by atoms with van der Waals surface area (Å²) < 4.78 is 10.5. The molecule has 0 heterocycles. The maximum absolute atomic E-state index is 11.7. The largest absolute Gasteiger partial charge is 0.460 e. The van der Waals surface area contributed by atoms with Gasteiger partial charge in [-0.2, -0.15) is 0 Å². The molecule has 19 heavy (non-hydrogen) atoms. The van der Waals surface area contributed by atoms with Crippen LogP contribution >= 0.6 is 0 Å². The second-order valence-electron chi connectivity index (χ2n) is 4.84. The maximum atomic E-state index is 11.7. The van der Waals surface area contributed by atoms with Gasteiger partial charge in [-0.15, -0.1) is 0 Å². The second-order valence-corrected chi connectivity index (χ2v) is 4.84. The van der Waals surface area contributed by atoms with Crippen molar-refractivity contribution in [2.45, 2.75) is 20.3 Å². The number of nitrogens with two attached hydrogens (primary N) is 1. The Morgan fingerprint density at radius 3 is 2.47 bits per heavy atom. The molecule has 0 aromatic heterocycles. The molecule has 1 aromatic rings. The first kappa shape index (κ1) is 15.7. The molecule has 1 aromatic carbocycles. The fourth-order valence-corrected chi connectivity index (χ4v) is 1.57. The van der Waals surface area contributed by atoms with Crippen molar-refractivity contribution < 1.29 is 14.3 Å². The molecular weight excluding hydrogens is 242 g/mol. The van der Waals surface area contributed by atoms with E-state index >= 15 is 0 Å². The van der Waals surface area contributed by atoms with E-state index in [2.05, 4.69) is 13.8 Å². The molecule has 0 aliphatic rings. The summed E-state index contributed by atoms with van der Waals surface area (Å²) in [5.41, 5.74) is 7.15. The van der Waals surface area contributed by atoms with Gasteiger partial charge in [-0.05, 0) is 36.6 Å². The highest BCUT2D eigenvalue weighted by atomic mass is 16.6. The molecule has 0 radical (unpaired) electrons. The second kappa shape index (κ2) is 8.67. The summed E-state index contributed by atoms with van der Waals surface area (Å²) in [6.07, 6.45) is 0.818. The van der Waals surface area contributed by atoms with E-state index in [1.165, 1.54) is 0 Å². The Morgan fingerprint density at radius 2 is 1.89 bits per heavy atom. The van der Waals surface area contributed by atoms with Crippen LogP contribution in [0.5, 0.6) is 0 Å². The lowest BCUT2D eigenvalue weighted by molar-refractivity contribution is 0.0277. The van der Waals surface area contributed by atoms with Crippen LogP contribution in [0.15, 0.2) is 24.3 Å². The molecule has 106 valence electrons. The van der Waals surface area contributed by atoms with Crippen molar-refractivity contribution in [2.24, 2.45) is 11.7 Å². The molecule has 4 heteroatoms. The Morgan fingerprint density at radius 1 is 1.21 bits per heavy atom. The first-order valence-electron chi connectivity index (χ1n) is 6.67. The van der Waals surface area contributed by atoms with Gasteiger partial charge in [0, 0.05) is 6.61 Å². The summed E-state index contributed by atoms with van der Waals surface area (Å²) in [7, 11) is 0. The number of hydrogen-bond acceptors (Lipinski definition) is 4. The van der Waals surface area contributed by atoms with E-state index in [0.717, 1.165) is 12.0 Å². The third kappa shape index (κ3) is 6.36. The van der Waals surface area contributed by atoms with Crippen LogP contribution in [0.4, 0.5) is 0 Å². The number of carbonyl (C=O) groups is 1. The smallest absolute Gasteiger partial charge is 0.338 e. The number of hydrogen-bond donors (Lipinski definition) is 1. The summed E-state index contributed by atoms with van der Waals surface area (Å²) in [5.74, 6) is 0.179. The van der Waals surface area contributed by atoms with E-state index in [4.69, 9.17) is 15.2 Å². The van der Waals surface area contributed by atoms with Gasteiger partial charge >= 0.3 is 5.97 Å². The van der Waals surface area contributed by atoms with Gasteiger partial charge < -0.3 is 15.2 Å². The average Bonchev–Trinajstić information content (AvgIpc) is 2.39. The summed E-state index contributed by atoms with van der Waals surface area (Å²) >= 11 is 0. The third-order valence-electron chi connectivity index (χ3n) is 2.53. The lowest BCUT2D eigenvalue weighted by atomic mass is 10.1. The lowest BCUT2D eigenvalue weighted by Crippen LogP contribution is -2.12. The summed E-state index contributed by atoms with van der Waals surface area (Å²) in [4.78, 5) is 11.7. The Bertz CT molecular complexity index is 373. The third-order valence-corrected chi connectivity index (χ3v) is 2.53. The van der Waals surface area contributed by atoms with Gasteiger partial charge in [-0.1, -0.05) is 26.0 Å². The molecule has 0 unspecified atom stereocenters. The molecule has 0 aliphatic heterocycles. The van der Waals surface area contributed by atoms with Gasteiger partial charge in [0.05, 0.1) is 12.2 Å². The predicted molar refractivity (Wildman–Crippen MR) is 75.1 cm³/mol. The van der Waals surface area contributed by atoms with Gasteiger partial charge in [0.15, 0.2) is 0 Å². The fraction of sp³-hybridized carbons (Fsp3) is 0.533. The van der Waals surface area contributed by atoms with Crippen molar-refractivity contribution in [1.29, 1.82) is 0 Å². The van der Waals surface area contributed by atoms with Crippen LogP contribution in [0, 0.1) is 5.92 Å². The van der Waals surface area contributed by atoms with Crippen molar-refractivity contribution >= 4 is 5.97 Å². The summed E-state index contributed by atoms with van der Waals surface area (Å²) in [5, 5.41) is 0. The van der Waals surface area contributed by atoms with Crippen molar-refractivity contribution in [1.82, 2.24) is 0 Å². The van der Waals surface area contributed by atoms with E-state index in [1.54, 1.807) is 12.1 Å². The first-order valence-corrected chi connectivity index (χ1v) is 6.67. The van der Waals surface area contributed by atoms with Crippen LogP contribution in [0.2, 0.25) is 0 Å². The first-order chi connectivity index (χ1) is 9.13. The number of benzene rings is 1. The number of carbonyl (C=O) groups excluding carboxylic acids is 1. The average molecular weight is 265 g/mol. The molecule has 0 bridgehead atoms. The molecule has 0 atom stereocenters. The van der Waals surface area contributed by atoms with Gasteiger partial charge in [-0.25, -0.2) is 4.79 Å². The SMILES string of the molecule is CC(C)COCCOC(=O)c1ccc(CCN)cc1.